The van der Waals surface area contributed by atoms with E-state index in [2.05, 4.69) is 5.32 Å². The molecule has 2 aromatic rings. The van der Waals surface area contributed by atoms with Crippen molar-refractivity contribution in [3.05, 3.63) is 58.3 Å². The lowest BCUT2D eigenvalue weighted by Gasteiger charge is -2.20. The van der Waals surface area contributed by atoms with Gasteiger partial charge in [-0.25, -0.2) is 4.79 Å². The van der Waals surface area contributed by atoms with Crippen molar-refractivity contribution in [2.45, 2.75) is 19.9 Å². The topological polar surface area (TPSA) is 55.4 Å². The molecule has 24 heavy (non-hydrogen) atoms. The van der Waals surface area contributed by atoms with E-state index in [0.29, 0.717) is 5.57 Å². The molecule has 1 N–H and O–H groups in total. The number of carbonyl (C=O) groups is 2. The summed E-state index contributed by atoms with van der Waals surface area (Å²) in [5.74, 6) is -0.805. The summed E-state index contributed by atoms with van der Waals surface area (Å²) >= 11 is 1.55. The SMILES string of the molecule is COC(=O)[C@H](NC(=O)/C(=C/c1cccs1)c1ccccc1)C(C)C. The average molecular weight is 343 g/mol. The molecule has 1 atom stereocenters. The fraction of sp³-hybridized carbons (Fsp3) is 0.263. The van der Waals surface area contributed by atoms with E-state index in [1.807, 2.05) is 67.8 Å². The lowest BCUT2D eigenvalue weighted by molar-refractivity contribution is -0.145. The summed E-state index contributed by atoms with van der Waals surface area (Å²) in [4.78, 5) is 25.7. The Balaban J connectivity index is 2.33. The largest absolute Gasteiger partial charge is 0.467 e. The quantitative estimate of drug-likeness (QED) is 0.644. The lowest BCUT2D eigenvalue weighted by atomic mass is 10.0. The fourth-order valence-electron chi connectivity index (χ4n) is 2.26. The molecule has 0 aliphatic carbocycles. The average Bonchev–Trinajstić information content (AvgIpc) is 3.10. The Labute approximate surface area is 146 Å². The molecule has 0 aliphatic heterocycles. The molecule has 1 aromatic heterocycles. The number of esters is 1. The van der Waals surface area contributed by atoms with Crippen LogP contribution in [0.25, 0.3) is 11.6 Å². The molecule has 0 unspecified atom stereocenters. The number of carbonyl (C=O) groups excluding carboxylic acids is 2. The number of rotatable bonds is 6. The van der Waals surface area contributed by atoms with E-state index in [1.165, 1.54) is 7.11 Å². The second-order valence-electron chi connectivity index (χ2n) is 5.66. The Kier molecular flexibility index (Phi) is 6.32. The molecule has 2 rings (SSSR count). The van der Waals surface area contributed by atoms with Crippen LogP contribution in [-0.4, -0.2) is 25.0 Å². The Bertz CT molecular complexity index is 705. The van der Waals surface area contributed by atoms with Gasteiger partial charge in [-0.3, -0.25) is 4.79 Å². The minimum Gasteiger partial charge on any atom is -0.467 e. The van der Waals surface area contributed by atoms with E-state index in [1.54, 1.807) is 11.3 Å². The van der Waals surface area contributed by atoms with Crippen molar-refractivity contribution < 1.29 is 14.3 Å². The number of amides is 1. The van der Waals surface area contributed by atoms with E-state index in [-0.39, 0.29) is 11.8 Å². The Hall–Kier alpha value is -2.40. The van der Waals surface area contributed by atoms with Crippen molar-refractivity contribution in [2.24, 2.45) is 5.92 Å². The summed E-state index contributed by atoms with van der Waals surface area (Å²) in [7, 11) is 1.32. The van der Waals surface area contributed by atoms with Crippen molar-refractivity contribution in [3.63, 3.8) is 0 Å². The van der Waals surface area contributed by atoms with E-state index in [0.717, 1.165) is 10.4 Å². The van der Waals surface area contributed by atoms with Crippen molar-refractivity contribution in [2.75, 3.05) is 7.11 Å². The zero-order valence-electron chi connectivity index (χ0n) is 14.0. The summed E-state index contributed by atoms with van der Waals surface area (Å²) in [6.45, 7) is 3.74. The number of nitrogens with one attached hydrogen (secondary N) is 1. The second-order valence-corrected chi connectivity index (χ2v) is 6.64. The van der Waals surface area contributed by atoms with Gasteiger partial charge in [0.1, 0.15) is 6.04 Å². The van der Waals surface area contributed by atoms with Gasteiger partial charge in [-0.05, 0) is 29.0 Å². The van der Waals surface area contributed by atoms with E-state index < -0.39 is 12.0 Å². The lowest BCUT2D eigenvalue weighted by Crippen LogP contribution is -2.45. The van der Waals surface area contributed by atoms with Crippen LogP contribution in [0, 0.1) is 5.92 Å². The highest BCUT2D eigenvalue weighted by molar-refractivity contribution is 7.11. The first-order chi connectivity index (χ1) is 11.5. The number of hydrogen-bond donors (Lipinski definition) is 1. The van der Waals surface area contributed by atoms with E-state index >= 15 is 0 Å². The van der Waals surface area contributed by atoms with Gasteiger partial charge in [0.2, 0.25) is 0 Å². The van der Waals surface area contributed by atoms with Crippen LogP contribution in [0.3, 0.4) is 0 Å². The minimum absolute atomic E-state index is 0.0693. The predicted molar refractivity (Wildman–Crippen MR) is 97.4 cm³/mol. The third-order valence-electron chi connectivity index (χ3n) is 3.57. The maximum atomic E-state index is 12.8. The van der Waals surface area contributed by atoms with Crippen LogP contribution in [0.15, 0.2) is 47.8 Å². The molecule has 0 spiro atoms. The smallest absolute Gasteiger partial charge is 0.328 e. The number of benzene rings is 1. The normalized spacial score (nSPS) is 12.8. The van der Waals surface area contributed by atoms with Crippen LogP contribution in [0.1, 0.15) is 24.3 Å². The van der Waals surface area contributed by atoms with Gasteiger partial charge in [0, 0.05) is 10.5 Å². The molecule has 1 amide bonds. The molecule has 0 radical (unpaired) electrons. The van der Waals surface area contributed by atoms with E-state index in [4.69, 9.17) is 4.74 Å². The first-order valence-electron chi connectivity index (χ1n) is 7.72. The number of methoxy groups -OCH3 is 1. The summed E-state index contributed by atoms with van der Waals surface area (Å²) in [5, 5.41) is 4.76. The molecule has 126 valence electrons. The molecule has 1 aromatic carbocycles. The maximum absolute atomic E-state index is 12.8. The number of thiophene rings is 1. The van der Waals surface area contributed by atoms with Gasteiger partial charge in [-0.2, -0.15) is 0 Å². The number of hydrogen-bond acceptors (Lipinski definition) is 4. The molecule has 1 heterocycles. The highest BCUT2D eigenvalue weighted by Crippen LogP contribution is 2.21. The fourth-order valence-corrected chi connectivity index (χ4v) is 2.91. The first kappa shape index (κ1) is 17.9. The monoisotopic (exact) mass is 343 g/mol. The van der Waals surface area contributed by atoms with Crippen molar-refractivity contribution in [3.8, 4) is 0 Å². The van der Waals surface area contributed by atoms with Gasteiger partial charge in [0.15, 0.2) is 0 Å². The standard InChI is InChI=1S/C19H21NO3S/c1-13(2)17(19(22)23-3)20-18(21)16(12-15-10-7-11-24-15)14-8-5-4-6-9-14/h4-13,17H,1-3H3,(H,20,21)/b16-12+/t17-/m1/s1. The molecule has 0 aliphatic rings. The van der Waals surface area contributed by atoms with Crippen LogP contribution in [0.2, 0.25) is 0 Å². The molecule has 4 nitrogen and oxygen atoms in total. The third kappa shape index (κ3) is 4.55. The second kappa shape index (κ2) is 8.45. The maximum Gasteiger partial charge on any atom is 0.328 e. The molecule has 0 saturated heterocycles. The van der Waals surface area contributed by atoms with Gasteiger partial charge in [0.05, 0.1) is 7.11 Å². The summed E-state index contributed by atoms with van der Waals surface area (Å²) < 4.78 is 4.79. The van der Waals surface area contributed by atoms with E-state index in [9.17, 15) is 9.59 Å². The zero-order valence-corrected chi connectivity index (χ0v) is 14.8. The summed E-state index contributed by atoms with van der Waals surface area (Å²) in [5.41, 5.74) is 1.32. The number of ether oxygens (including phenoxy) is 1. The van der Waals surface area contributed by atoms with Crippen molar-refractivity contribution in [1.29, 1.82) is 0 Å². The van der Waals surface area contributed by atoms with Gasteiger partial charge >= 0.3 is 5.97 Å². The molecular weight excluding hydrogens is 322 g/mol. The van der Waals surface area contributed by atoms with Crippen molar-refractivity contribution in [1.82, 2.24) is 5.32 Å². The first-order valence-corrected chi connectivity index (χ1v) is 8.60. The molecule has 0 saturated carbocycles. The summed E-state index contributed by atoms with van der Waals surface area (Å²) in [6, 6.07) is 12.6. The van der Waals surface area contributed by atoms with Crippen molar-refractivity contribution >= 4 is 34.9 Å². The Morgan fingerprint density at radius 2 is 1.83 bits per heavy atom. The minimum atomic E-state index is -0.682. The van der Waals surface area contributed by atoms with Gasteiger partial charge in [-0.15, -0.1) is 11.3 Å². The third-order valence-corrected chi connectivity index (χ3v) is 4.39. The van der Waals surface area contributed by atoms with Crippen LogP contribution in [0.4, 0.5) is 0 Å². The van der Waals surface area contributed by atoms with Gasteiger partial charge in [0.25, 0.3) is 5.91 Å². The van der Waals surface area contributed by atoms with Gasteiger partial charge in [-0.1, -0.05) is 50.2 Å². The Morgan fingerprint density at radius 3 is 2.38 bits per heavy atom. The van der Waals surface area contributed by atoms with Crippen LogP contribution < -0.4 is 5.32 Å². The highest BCUT2D eigenvalue weighted by atomic mass is 32.1. The molecule has 5 heteroatoms. The van der Waals surface area contributed by atoms with Crippen LogP contribution >= 0.6 is 11.3 Å². The molecule has 0 fully saturated rings. The summed E-state index contributed by atoms with van der Waals surface area (Å²) in [6.07, 6.45) is 1.84. The molecule has 0 bridgehead atoms. The van der Waals surface area contributed by atoms with Crippen LogP contribution in [-0.2, 0) is 14.3 Å². The van der Waals surface area contributed by atoms with Crippen LogP contribution in [0.5, 0.6) is 0 Å². The highest BCUT2D eigenvalue weighted by Gasteiger charge is 2.26. The predicted octanol–water partition coefficient (Wildman–Crippen LogP) is 3.60. The Morgan fingerprint density at radius 1 is 1.12 bits per heavy atom. The van der Waals surface area contributed by atoms with Gasteiger partial charge < -0.3 is 10.1 Å². The zero-order chi connectivity index (χ0) is 17.5. The molecular formula is C19H21NO3S.